The Labute approximate surface area is 194 Å². The van der Waals surface area contributed by atoms with E-state index in [1.54, 1.807) is 60.7 Å². The zero-order valence-electron chi connectivity index (χ0n) is 16.5. The molecule has 3 rings (SSSR count). The van der Waals surface area contributed by atoms with Crippen LogP contribution >= 0.6 is 22.6 Å². The molecule has 31 heavy (non-hydrogen) atoms. The molecule has 9 heteroatoms. The van der Waals surface area contributed by atoms with E-state index in [1.165, 1.54) is 25.3 Å². The van der Waals surface area contributed by atoms with Gasteiger partial charge in [-0.2, -0.15) is 0 Å². The van der Waals surface area contributed by atoms with Crippen LogP contribution in [0.15, 0.2) is 83.8 Å². The van der Waals surface area contributed by atoms with Gasteiger partial charge in [0.15, 0.2) is 0 Å². The minimum atomic E-state index is -4.01. The first-order valence-electron chi connectivity index (χ1n) is 9.13. The molecular formula is C22H19IN2O5S. The van der Waals surface area contributed by atoms with Crippen molar-refractivity contribution in [3.63, 3.8) is 0 Å². The molecule has 0 bridgehead atoms. The number of benzene rings is 3. The predicted molar refractivity (Wildman–Crippen MR) is 127 cm³/mol. The second kappa shape index (κ2) is 9.92. The molecule has 3 aromatic rings. The van der Waals surface area contributed by atoms with Gasteiger partial charge in [-0.25, -0.2) is 13.2 Å². The summed E-state index contributed by atoms with van der Waals surface area (Å²) in [6.07, 6.45) is 0. The second-order valence-corrected chi connectivity index (χ2v) is 9.49. The van der Waals surface area contributed by atoms with Crippen LogP contribution in [0.1, 0.15) is 10.4 Å². The zero-order valence-corrected chi connectivity index (χ0v) is 19.5. The quantitative estimate of drug-likeness (QED) is 0.356. The Morgan fingerprint density at radius 2 is 1.55 bits per heavy atom. The number of ether oxygens (including phenoxy) is 1. The zero-order chi connectivity index (χ0) is 22.4. The Bertz CT molecular complexity index is 1180. The number of nitrogens with zero attached hydrogens (tertiary/aromatic N) is 1. The first kappa shape index (κ1) is 22.8. The van der Waals surface area contributed by atoms with Crippen molar-refractivity contribution in [1.29, 1.82) is 0 Å². The van der Waals surface area contributed by atoms with Crippen molar-refractivity contribution < 1.29 is 22.7 Å². The van der Waals surface area contributed by atoms with E-state index >= 15 is 0 Å². The molecule has 1 N–H and O–H groups in total. The molecule has 0 radical (unpaired) electrons. The molecule has 0 aliphatic carbocycles. The molecule has 160 valence electrons. The highest BCUT2D eigenvalue weighted by Crippen LogP contribution is 2.25. The number of carbonyl (C=O) groups is 2. The van der Waals surface area contributed by atoms with Gasteiger partial charge in [0.25, 0.3) is 10.0 Å². The lowest BCUT2D eigenvalue weighted by Crippen LogP contribution is -2.38. The van der Waals surface area contributed by atoms with Crippen molar-refractivity contribution in [2.75, 3.05) is 23.3 Å². The molecule has 0 atom stereocenters. The minimum Gasteiger partial charge on any atom is -0.465 e. The van der Waals surface area contributed by atoms with Gasteiger partial charge in [-0.05, 0) is 71.1 Å². The summed E-state index contributed by atoms with van der Waals surface area (Å²) in [7, 11) is -2.77. The summed E-state index contributed by atoms with van der Waals surface area (Å²) in [6, 6.07) is 21.0. The number of carbonyl (C=O) groups excluding carboxylic acids is 2. The SMILES string of the molecule is COC(=O)c1ccccc1NC(=O)CN(c1ccc(I)cc1)S(=O)(=O)c1ccccc1. The number of anilines is 2. The van der Waals surface area contributed by atoms with E-state index in [0.29, 0.717) is 5.69 Å². The summed E-state index contributed by atoms with van der Waals surface area (Å²) in [5.41, 5.74) is 0.754. The largest absolute Gasteiger partial charge is 0.465 e. The molecule has 1 amide bonds. The van der Waals surface area contributed by atoms with E-state index in [4.69, 9.17) is 4.74 Å². The maximum atomic E-state index is 13.3. The van der Waals surface area contributed by atoms with Crippen LogP contribution in [0.2, 0.25) is 0 Å². The number of sulfonamides is 1. The number of esters is 1. The number of methoxy groups -OCH3 is 1. The summed E-state index contributed by atoms with van der Waals surface area (Å²) in [5.74, 6) is -1.21. The van der Waals surface area contributed by atoms with Crippen LogP contribution in [0, 0.1) is 3.57 Å². The third-order valence-corrected chi connectivity index (χ3v) is 6.85. The monoisotopic (exact) mass is 550 g/mol. The summed E-state index contributed by atoms with van der Waals surface area (Å²) in [4.78, 5) is 24.9. The molecular weight excluding hydrogens is 531 g/mol. The van der Waals surface area contributed by atoms with Crippen molar-refractivity contribution in [2.45, 2.75) is 4.90 Å². The summed E-state index contributed by atoms with van der Waals surface area (Å²) in [5, 5.41) is 2.61. The summed E-state index contributed by atoms with van der Waals surface area (Å²) < 4.78 is 33.3. The minimum absolute atomic E-state index is 0.0660. The molecule has 3 aromatic carbocycles. The van der Waals surface area contributed by atoms with Crippen molar-refractivity contribution in [3.05, 3.63) is 88.0 Å². The maximum absolute atomic E-state index is 13.3. The number of nitrogens with one attached hydrogen (secondary N) is 1. The normalized spacial score (nSPS) is 10.9. The number of hydrogen-bond acceptors (Lipinski definition) is 5. The fraction of sp³-hybridized carbons (Fsp3) is 0.0909. The number of hydrogen-bond donors (Lipinski definition) is 1. The molecule has 7 nitrogen and oxygen atoms in total. The molecule has 0 saturated carbocycles. The highest BCUT2D eigenvalue weighted by molar-refractivity contribution is 14.1. The van der Waals surface area contributed by atoms with E-state index in [9.17, 15) is 18.0 Å². The average Bonchev–Trinajstić information content (AvgIpc) is 2.78. The Morgan fingerprint density at radius 1 is 0.935 bits per heavy atom. The van der Waals surface area contributed by atoms with Crippen LogP contribution in [-0.4, -0.2) is 33.9 Å². The second-order valence-electron chi connectivity index (χ2n) is 6.39. The van der Waals surface area contributed by atoms with Gasteiger partial charge in [-0.15, -0.1) is 0 Å². The lowest BCUT2D eigenvalue weighted by molar-refractivity contribution is -0.114. The van der Waals surface area contributed by atoms with Gasteiger partial charge >= 0.3 is 5.97 Å². The molecule has 0 spiro atoms. The molecule has 0 heterocycles. The first-order valence-corrected chi connectivity index (χ1v) is 11.7. The third kappa shape index (κ3) is 5.42. The molecule has 0 fully saturated rings. The van der Waals surface area contributed by atoms with Gasteiger partial charge in [0.1, 0.15) is 6.54 Å². The smallest absolute Gasteiger partial charge is 0.339 e. The van der Waals surface area contributed by atoms with Crippen molar-refractivity contribution in [2.24, 2.45) is 0 Å². The van der Waals surface area contributed by atoms with Gasteiger partial charge < -0.3 is 10.1 Å². The van der Waals surface area contributed by atoms with Crippen molar-refractivity contribution >= 4 is 55.9 Å². The van der Waals surface area contributed by atoms with Gasteiger partial charge in [0, 0.05) is 3.57 Å². The standard InChI is InChI=1S/C22H19IN2O5S/c1-30-22(27)19-9-5-6-10-20(19)24-21(26)15-25(17-13-11-16(23)12-14-17)31(28,29)18-7-3-2-4-8-18/h2-14H,15H2,1H3,(H,24,26). The lowest BCUT2D eigenvalue weighted by atomic mass is 10.2. The van der Waals surface area contributed by atoms with Crippen LogP contribution < -0.4 is 9.62 Å². The number of amides is 1. The Hall–Kier alpha value is -2.92. The molecule has 0 saturated heterocycles. The number of para-hydroxylation sites is 1. The van der Waals surface area contributed by atoms with Crippen molar-refractivity contribution in [3.8, 4) is 0 Å². The van der Waals surface area contributed by atoms with Crippen molar-refractivity contribution in [1.82, 2.24) is 0 Å². The van der Waals surface area contributed by atoms with E-state index in [2.05, 4.69) is 27.9 Å². The maximum Gasteiger partial charge on any atom is 0.339 e. The van der Waals surface area contributed by atoms with E-state index in [-0.39, 0.29) is 16.1 Å². The number of rotatable bonds is 7. The fourth-order valence-corrected chi connectivity index (χ4v) is 4.64. The van der Waals surface area contributed by atoms with E-state index < -0.39 is 28.4 Å². The van der Waals surface area contributed by atoms with Gasteiger partial charge in [0.05, 0.1) is 28.9 Å². The Balaban J connectivity index is 1.94. The highest BCUT2D eigenvalue weighted by atomic mass is 127. The van der Waals surface area contributed by atoms with Gasteiger partial charge in [-0.3, -0.25) is 9.10 Å². The van der Waals surface area contributed by atoms with E-state index in [0.717, 1.165) is 7.88 Å². The van der Waals surface area contributed by atoms with Gasteiger partial charge in [0.2, 0.25) is 5.91 Å². The Morgan fingerprint density at radius 3 is 2.19 bits per heavy atom. The fourth-order valence-electron chi connectivity index (χ4n) is 2.84. The van der Waals surface area contributed by atoms with E-state index in [1.807, 2.05) is 0 Å². The topological polar surface area (TPSA) is 92.8 Å². The van der Waals surface area contributed by atoms with Crippen LogP contribution in [-0.2, 0) is 19.6 Å². The Kier molecular flexibility index (Phi) is 7.29. The third-order valence-electron chi connectivity index (χ3n) is 4.34. The highest BCUT2D eigenvalue weighted by Gasteiger charge is 2.27. The van der Waals surface area contributed by atoms with Crippen LogP contribution in [0.3, 0.4) is 0 Å². The van der Waals surface area contributed by atoms with Gasteiger partial charge in [-0.1, -0.05) is 30.3 Å². The lowest BCUT2D eigenvalue weighted by Gasteiger charge is -2.24. The predicted octanol–water partition coefficient (Wildman–Crippen LogP) is 3.91. The average molecular weight is 550 g/mol. The van der Waals surface area contributed by atoms with Crippen LogP contribution in [0.25, 0.3) is 0 Å². The number of halogens is 1. The molecule has 0 aromatic heterocycles. The molecule has 0 unspecified atom stereocenters. The summed E-state index contributed by atoms with van der Waals surface area (Å²) in [6.45, 7) is -0.479. The van der Waals surface area contributed by atoms with Crippen LogP contribution in [0.5, 0.6) is 0 Å². The first-order chi connectivity index (χ1) is 14.8. The van der Waals surface area contributed by atoms with Crippen LogP contribution in [0.4, 0.5) is 11.4 Å². The molecule has 0 aliphatic rings. The molecule has 0 aliphatic heterocycles. The summed E-state index contributed by atoms with van der Waals surface area (Å²) >= 11 is 2.12.